The predicted octanol–water partition coefficient (Wildman–Crippen LogP) is 4.95. The van der Waals surface area contributed by atoms with Gasteiger partial charge in [0.05, 0.1) is 6.04 Å². The van der Waals surface area contributed by atoms with Gasteiger partial charge >= 0.3 is 12.6 Å². The Hall–Kier alpha value is -2.15. The number of nitrogens with one attached hydrogen (secondary N) is 1. The van der Waals surface area contributed by atoms with E-state index in [1.54, 1.807) is 19.2 Å². The van der Waals surface area contributed by atoms with Crippen LogP contribution in [-0.2, 0) is 6.54 Å². The number of urea groups is 1. The maximum atomic E-state index is 12.3. The molecule has 0 aromatic heterocycles. The van der Waals surface area contributed by atoms with Gasteiger partial charge in [-0.3, -0.25) is 0 Å². The average molecular weight is 413 g/mol. The van der Waals surface area contributed by atoms with E-state index in [1.165, 1.54) is 17.0 Å². The van der Waals surface area contributed by atoms with E-state index in [1.807, 2.05) is 31.2 Å². The minimum Gasteiger partial charge on any atom is -0.435 e. The first-order chi connectivity index (χ1) is 11.8. The van der Waals surface area contributed by atoms with Crippen LogP contribution < -0.4 is 10.1 Å². The zero-order valence-corrected chi connectivity index (χ0v) is 15.5. The predicted molar refractivity (Wildman–Crippen MR) is 95.6 cm³/mol. The minimum absolute atomic E-state index is 0.0923. The monoisotopic (exact) mass is 412 g/mol. The molecule has 1 atom stereocenters. The molecule has 2 aromatic carbocycles. The summed E-state index contributed by atoms with van der Waals surface area (Å²) in [6, 6.07) is 13.6. The number of halogens is 3. The molecule has 0 radical (unpaired) electrons. The second-order valence-electron chi connectivity index (χ2n) is 5.60. The lowest BCUT2D eigenvalue weighted by Crippen LogP contribution is -2.38. The highest BCUT2D eigenvalue weighted by molar-refractivity contribution is 9.10. The molecule has 0 fully saturated rings. The maximum Gasteiger partial charge on any atom is 0.387 e. The molecule has 1 unspecified atom stereocenters. The van der Waals surface area contributed by atoms with Crippen LogP contribution in [0.2, 0.25) is 0 Å². The van der Waals surface area contributed by atoms with Crippen molar-refractivity contribution in [3.8, 4) is 5.75 Å². The smallest absolute Gasteiger partial charge is 0.387 e. The number of nitrogens with zero attached hydrogens (tertiary/aromatic N) is 1. The van der Waals surface area contributed by atoms with Crippen molar-refractivity contribution in [3.63, 3.8) is 0 Å². The first kappa shape index (κ1) is 19.2. The normalized spacial score (nSPS) is 11.9. The highest BCUT2D eigenvalue weighted by Gasteiger charge is 2.14. The summed E-state index contributed by atoms with van der Waals surface area (Å²) in [5.41, 5.74) is 1.81. The summed E-state index contributed by atoms with van der Waals surface area (Å²) in [5, 5.41) is 2.92. The van der Waals surface area contributed by atoms with Crippen LogP contribution in [0.1, 0.15) is 24.1 Å². The Morgan fingerprint density at radius 2 is 1.76 bits per heavy atom. The number of hydrogen-bond donors (Lipinski definition) is 1. The third kappa shape index (κ3) is 6.01. The molecule has 1 N–H and O–H groups in total. The van der Waals surface area contributed by atoms with Gasteiger partial charge in [0.15, 0.2) is 0 Å². The maximum absolute atomic E-state index is 12.3. The first-order valence-corrected chi connectivity index (χ1v) is 8.45. The molecule has 2 aromatic rings. The summed E-state index contributed by atoms with van der Waals surface area (Å²) in [4.78, 5) is 13.8. The fraction of sp³-hybridized carbons (Fsp3) is 0.278. The van der Waals surface area contributed by atoms with Crippen molar-refractivity contribution in [2.45, 2.75) is 26.1 Å². The van der Waals surface area contributed by atoms with Crippen LogP contribution in [-0.4, -0.2) is 24.6 Å². The molecule has 0 bridgehead atoms. The van der Waals surface area contributed by atoms with Crippen LogP contribution in [0, 0.1) is 0 Å². The molecule has 2 rings (SSSR count). The van der Waals surface area contributed by atoms with Crippen molar-refractivity contribution in [2.24, 2.45) is 0 Å². The van der Waals surface area contributed by atoms with E-state index in [0.29, 0.717) is 6.54 Å². The zero-order valence-electron chi connectivity index (χ0n) is 13.9. The quantitative estimate of drug-likeness (QED) is 0.728. The molecule has 7 heteroatoms. The highest BCUT2D eigenvalue weighted by Crippen LogP contribution is 2.18. The van der Waals surface area contributed by atoms with Crippen LogP contribution in [0.25, 0.3) is 0 Å². The van der Waals surface area contributed by atoms with Crippen LogP contribution in [0.4, 0.5) is 13.6 Å². The van der Waals surface area contributed by atoms with Crippen molar-refractivity contribution in [1.29, 1.82) is 0 Å². The summed E-state index contributed by atoms with van der Waals surface area (Å²) in [6.45, 7) is -0.585. The van der Waals surface area contributed by atoms with Gasteiger partial charge in [-0.15, -0.1) is 0 Å². The average Bonchev–Trinajstić information content (AvgIpc) is 2.56. The van der Waals surface area contributed by atoms with Crippen LogP contribution in [0.3, 0.4) is 0 Å². The SMILES string of the molecule is CC(NC(=O)N(C)Cc1ccc(OC(F)F)cc1)c1ccc(Br)cc1. The van der Waals surface area contributed by atoms with Crippen LogP contribution >= 0.6 is 15.9 Å². The molecule has 0 spiro atoms. The van der Waals surface area contributed by atoms with Crippen molar-refractivity contribution in [1.82, 2.24) is 10.2 Å². The molecule has 0 aliphatic rings. The van der Waals surface area contributed by atoms with Crippen molar-refractivity contribution >= 4 is 22.0 Å². The van der Waals surface area contributed by atoms with Crippen molar-refractivity contribution in [3.05, 3.63) is 64.1 Å². The third-order valence-corrected chi connectivity index (χ3v) is 4.15. The summed E-state index contributed by atoms with van der Waals surface area (Å²) in [5.74, 6) is 0.0923. The largest absolute Gasteiger partial charge is 0.435 e. The number of carbonyl (C=O) groups excluding carboxylic acids is 1. The zero-order chi connectivity index (χ0) is 18.4. The lowest BCUT2D eigenvalue weighted by atomic mass is 10.1. The Bertz CT molecular complexity index is 693. The second kappa shape index (κ2) is 8.80. The van der Waals surface area contributed by atoms with Gasteiger partial charge < -0.3 is 15.0 Å². The number of rotatable bonds is 6. The Kier molecular flexibility index (Phi) is 6.75. The van der Waals surface area contributed by atoms with Crippen molar-refractivity contribution < 1.29 is 18.3 Å². The van der Waals surface area contributed by atoms with Crippen LogP contribution in [0.15, 0.2) is 53.0 Å². The van der Waals surface area contributed by atoms with Gasteiger partial charge in [0.2, 0.25) is 0 Å². The molecular formula is C18H19BrF2N2O2. The molecule has 0 saturated carbocycles. The summed E-state index contributed by atoms with van der Waals surface area (Å²) in [7, 11) is 1.67. The van der Waals surface area contributed by atoms with E-state index in [2.05, 4.69) is 26.0 Å². The van der Waals surface area contributed by atoms with Crippen LogP contribution in [0.5, 0.6) is 5.75 Å². The lowest BCUT2D eigenvalue weighted by molar-refractivity contribution is -0.0498. The fourth-order valence-electron chi connectivity index (χ4n) is 2.25. The molecule has 134 valence electrons. The molecule has 0 saturated heterocycles. The first-order valence-electron chi connectivity index (χ1n) is 7.66. The number of hydrogen-bond acceptors (Lipinski definition) is 2. The van der Waals surface area contributed by atoms with E-state index in [-0.39, 0.29) is 17.8 Å². The summed E-state index contributed by atoms with van der Waals surface area (Å²) >= 11 is 3.38. The Labute approximate surface area is 153 Å². The number of carbonyl (C=O) groups is 1. The molecule has 0 aliphatic carbocycles. The second-order valence-corrected chi connectivity index (χ2v) is 6.52. The topological polar surface area (TPSA) is 41.6 Å². The van der Waals surface area contributed by atoms with Gasteiger partial charge in [0.1, 0.15) is 5.75 Å². The third-order valence-electron chi connectivity index (χ3n) is 3.62. The minimum atomic E-state index is -2.85. The Morgan fingerprint density at radius 3 is 2.32 bits per heavy atom. The molecule has 2 amide bonds. The van der Waals surface area contributed by atoms with Gasteiger partial charge in [-0.25, -0.2) is 4.79 Å². The molecular weight excluding hydrogens is 394 g/mol. The van der Waals surface area contributed by atoms with Gasteiger partial charge in [-0.1, -0.05) is 40.2 Å². The van der Waals surface area contributed by atoms with Gasteiger partial charge in [-0.05, 0) is 42.3 Å². The van der Waals surface area contributed by atoms with E-state index in [0.717, 1.165) is 15.6 Å². The summed E-state index contributed by atoms with van der Waals surface area (Å²) < 4.78 is 29.5. The van der Waals surface area contributed by atoms with Gasteiger partial charge in [-0.2, -0.15) is 8.78 Å². The van der Waals surface area contributed by atoms with Crippen molar-refractivity contribution in [2.75, 3.05) is 7.05 Å². The fourth-order valence-corrected chi connectivity index (χ4v) is 2.52. The lowest BCUT2D eigenvalue weighted by Gasteiger charge is -2.22. The Balaban J connectivity index is 1.90. The van der Waals surface area contributed by atoms with E-state index < -0.39 is 6.61 Å². The standard InChI is InChI=1S/C18H19BrF2N2O2/c1-12(14-5-7-15(19)8-6-14)22-18(24)23(2)11-13-3-9-16(10-4-13)25-17(20)21/h3-10,12,17H,11H2,1-2H3,(H,22,24). The summed E-state index contributed by atoms with van der Waals surface area (Å²) in [6.07, 6.45) is 0. The van der Waals surface area contributed by atoms with Gasteiger partial charge in [0, 0.05) is 18.1 Å². The molecule has 25 heavy (non-hydrogen) atoms. The highest BCUT2D eigenvalue weighted by atomic mass is 79.9. The van der Waals surface area contributed by atoms with E-state index in [4.69, 9.17) is 0 Å². The number of amides is 2. The molecule has 0 heterocycles. The van der Waals surface area contributed by atoms with E-state index >= 15 is 0 Å². The number of alkyl halides is 2. The van der Waals surface area contributed by atoms with Gasteiger partial charge in [0.25, 0.3) is 0 Å². The number of benzene rings is 2. The number of ether oxygens (including phenoxy) is 1. The molecule has 0 aliphatic heterocycles. The Morgan fingerprint density at radius 1 is 1.16 bits per heavy atom. The van der Waals surface area contributed by atoms with E-state index in [9.17, 15) is 13.6 Å². The molecule has 4 nitrogen and oxygen atoms in total.